The summed E-state index contributed by atoms with van der Waals surface area (Å²) in [7, 11) is 0. The van der Waals surface area contributed by atoms with E-state index in [9.17, 15) is 5.11 Å². The number of rotatable bonds is 1. The van der Waals surface area contributed by atoms with Crippen LogP contribution in [0, 0.1) is 0 Å². The van der Waals surface area contributed by atoms with Crippen molar-refractivity contribution in [2.24, 2.45) is 0 Å². The largest absolute Gasteiger partial charge is 0.236 e. The summed E-state index contributed by atoms with van der Waals surface area (Å²) >= 11 is 0. The summed E-state index contributed by atoms with van der Waals surface area (Å²) in [5, 5.41) is 16.8. The van der Waals surface area contributed by atoms with Gasteiger partial charge in [-0.3, -0.25) is 0 Å². The molecule has 0 aliphatic rings. The summed E-state index contributed by atoms with van der Waals surface area (Å²) < 4.78 is 0. The van der Waals surface area contributed by atoms with Gasteiger partial charge in [0.2, 0.25) is 0 Å². The summed E-state index contributed by atoms with van der Waals surface area (Å²) in [5.74, 6) is 0.243. The monoisotopic (exact) mass is 110 g/mol. The van der Waals surface area contributed by atoms with Gasteiger partial charge in [0.1, 0.15) is 6.61 Å². The fourth-order valence-corrected chi connectivity index (χ4v) is 0.341. The maximum atomic E-state index is 9.97. The van der Waals surface area contributed by atoms with Crippen LogP contribution in [0.3, 0.4) is 0 Å². The number of aromatic nitrogens is 3. The van der Waals surface area contributed by atoms with Crippen molar-refractivity contribution in [2.45, 2.75) is 6.61 Å². The molecule has 1 rings (SSSR count). The molecule has 0 saturated carbocycles. The van der Waals surface area contributed by atoms with Gasteiger partial charge in [0.25, 0.3) is 0 Å². The van der Waals surface area contributed by atoms with E-state index in [0.717, 1.165) is 0 Å². The van der Waals surface area contributed by atoms with Crippen molar-refractivity contribution in [1.82, 2.24) is 15.2 Å². The molecule has 0 amide bonds. The molecule has 1 aromatic rings. The Hall–Kier alpha value is -1.03. The third kappa shape index (κ3) is 0.974. The zero-order valence-corrected chi connectivity index (χ0v) is 4.11. The maximum absolute atomic E-state index is 9.97. The van der Waals surface area contributed by atoms with Crippen LogP contribution < -0.4 is 0 Å². The molecule has 0 bridgehead atoms. The van der Waals surface area contributed by atoms with E-state index in [1.54, 1.807) is 0 Å². The van der Waals surface area contributed by atoms with E-state index in [4.69, 9.17) is 0 Å². The lowest BCUT2D eigenvalue weighted by atomic mass is 10.7. The Kier molecular flexibility index (Phi) is 1.48. The Balaban J connectivity index is 2.83. The SMILES string of the molecule is [O]Cc1nccnn1. The molecule has 0 atom stereocenters. The van der Waals surface area contributed by atoms with Crippen molar-refractivity contribution in [3.05, 3.63) is 18.2 Å². The zero-order valence-electron chi connectivity index (χ0n) is 4.11. The van der Waals surface area contributed by atoms with Gasteiger partial charge in [-0.15, -0.1) is 5.10 Å². The van der Waals surface area contributed by atoms with Crippen molar-refractivity contribution in [1.29, 1.82) is 0 Å². The van der Waals surface area contributed by atoms with Crippen molar-refractivity contribution < 1.29 is 5.11 Å². The quantitative estimate of drug-likeness (QED) is 0.503. The fourth-order valence-electron chi connectivity index (χ4n) is 0.341. The van der Waals surface area contributed by atoms with E-state index in [-0.39, 0.29) is 5.82 Å². The summed E-state index contributed by atoms with van der Waals surface area (Å²) in [6.45, 7) is -0.395. The van der Waals surface area contributed by atoms with Crippen molar-refractivity contribution in [3.8, 4) is 0 Å². The molecule has 0 saturated heterocycles. The Labute approximate surface area is 46.2 Å². The van der Waals surface area contributed by atoms with Gasteiger partial charge < -0.3 is 0 Å². The van der Waals surface area contributed by atoms with Crippen LogP contribution in [0.4, 0.5) is 0 Å². The first kappa shape index (κ1) is 5.11. The molecule has 0 N–H and O–H groups in total. The second-order valence-corrected chi connectivity index (χ2v) is 1.20. The van der Waals surface area contributed by atoms with Crippen LogP contribution in [-0.4, -0.2) is 15.2 Å². The van der Waals surface area contributed by atoms with E-state index >= 15 is 0 Å². The molecule has 0 aromatic carbocycles. The average molecular weight is 110 g/mol. The van der Waals surface area contributed by atoms with Crippen LogP contribution in [0.5, 0.6) is 0 Å². The molecule has 8 heavy (non-hydrogen) atoms. The van der Waals surface area contributed by atoms with E-state index in [1.165, 1.54) is 12.4 Å². The van der Waals surface area contributed by atoms with Gasteiger partial charge in [-0.1, -0.05) is 0 Å². The van der Waals surface area contributed by atoms with E-state index in [0.29, 0.717) is 0 Å². The van der Waals surface area contributed by atoms with Crippen molar-refractivity contribution >= 4 is 0 Å². The molecular weight excluding hydrogens is 106 g/mol. The van der Waals surface area contributed by atoms with Gasteiger partial charge in [0.05, 0.1) is 6.20 Å². The van der Waals surface area contributed by atoms with Gasteiger partial charge in [0.15, 0.2) is 5.82 Å². The molecule has 4 nitrogen and oxygen atoms in total. The highest BCUT2D eigenvalue weighted by molar-refractivity contribution is 4.76. The standard InChI is InChI=1S/C4H4N3O/c8-3-4-5-1-2-6-7-4/h1-2H,3H2. The molecule has 0 aliphatic heterocycles. The van der Waals surface area contributed by atoms with Crippen LogP contribution >= 0.6 is 0 Å². The molecule has 0 aliphatic carbocycles. The summed E-state index contributed by atoms with van der Waals surface area (Å²) in [4.78, 5) is 3.61. The first-order valence-electron chi connectivity index (χ1n) is 2.14. The maximum Gasteiger partial charge on any atom is 0.180 e. The molecule has 1 aromatic heterocycles. The van der Waals surface area contributed by atoms with Crippen LogP contribution in [0.15, 0.2) is 12.4 Å². The normalized spacial score (nSPS) is 9.12. The lowest BCUT2D eigenvalue weighted by molar-refractivity contribution is 0.168. The molecule has 0 fully saturated rings. The predicted octanol–water partition coefficient (Wildman–Crippen LogP) is -0.198. The minimum atomic E-state index is -0.395. The van der Waals surface area contributed by atoms with E-state index in [1.807, 2.05) is 0 Å². The minimum Gasteiger partial charge on any atom is -0.236 e. The van der Waals surface area contributed by atoms with Gasteiger partial charge >= 0.3 is 0 Å². The number of hydrogen-bond acceptors (Lipinski definition) is 3. The lowest BCUT2D eigenvalue weighted by Gasteiger charge is -1.84. The second kappa shape index (κ2) is 2.32. The van der Waals surface area contributed by atoms with Crippen LogP contribution in [-0.2, 0) is 11.7 Å². The third-order valence-corrected chi connectivity index (χ3v) is 0.659. The highest BCUT2D eigenvalue weighted by Gasteiger charge is 1.88. The molecule has 1 radical (unpaired) electrons. The van der Waals surface area contributed by atoms with Gasteiger partial charge in [0, 0.05) is 6.20 Å². The summed E-state index contributed by atoms with van der Waals surface area (Å²) in [5.41, 5.74) is 0. The highest BCUT2D eigenvalue weighted by Crippen LogP contribution is 1.80. The van der Waals surface area contributed by atoms with Crippen LogP contribution in [0.25, 0.3) is 0 Å². The number of hydrogen-bond donors (Lipinski definition) is 0. The van der Waals surface area contributed by atoms with Crippen LogP contribution in [0.2, 0.25) is 0 Å². The predicted molar refractivity (Wildman–Crippen MR) is 24.2 cm³/mol. The molecule has 0 unspecified atom stereocenters. The zero-order chi connectivity index (χ0) is 5.82. The summed E-state index contributed by atoms with van der Waals surface area (Å²) in [6, 6.07) is 0. The van der Waals surface area contributed by atoms with Crippen LogP contribution in [0.1, 0.15) is 5.82 Å². The first-order chi connectivity index (χ1) is 3.93. The fraction of sp³-hybridized carbons (Fsp3) is 0.250. The topological polar surface area (TPSA) is 58.6 Å². The summed E-state index contributed by atoms with van der Waals surface area (Å²) in [6.07, 6.45) is 2.87. The van der Waals surface area contributed by atoms with Crippen molar-refractivity contribution in [3.63, 3.8) is 0 Å². The molecule has 1 heterocycles. The first-order valence-corrected chi connectivity index (χ1v) is 2.14. The van der Waals surface area contributed by atoms with Gasteiger partial charge in [-0.05, 0) is 0 Å². The van der Waals surface area contributed by atoms with Gasteiger partial charge in [-0.2, -0.15) is 5.10 Å². The smallest absolute Gasteiger partial charge is 0.180 e. The third-order valence-electron chi connectivity index (χ3n) is 0.659. The average Bonchev–Trinajstić information content (AvgIpc) is 1.90. The molecular formula is C4H4N3O. The Morgan fingerprint density at radius 2 is 2.38 bits per heavy atom. The Bertz CT molecular complexity index is 153. The minimum absolute atomic E-state index is 0.243. The Morgan fingerprint density at radius 1 is 1.50 bits per heavy atom. The molecule has 4 heteroatoms. The Morgan fingerprint density at radius 3 is 2.75 bits per heavy atom. The van der Waals surface area contributed by atoms with E-state index < -0.39 is 6.61 Å². The molecule has 0 spiro atoms. The lowest BCUT2D eigenvalue weighted by Crippen LogP contribution is -1.92. The highest BCUT2D eigenvalue weighted by atomic mass is 16.3. The van der Waals surface area contributed by atoms with Gasteiger partial charge in [-0.25, -0.2) is 10.1 Å². The van der Waals surface area contributed by atoms with E-state index in [2.05, 4.69) is 15.2 Å². The second-order valence-electron chi connectivity index (χ2n) is 1.20. The number of nitrogens with zero attached hydrogens (tertiary/aromatic N) is 3. The molecule has 41 valence electrons. The van der Waals surface area contributed by atoms with Crippen molar-refractivity contribution in [2.75, 3.05) is 0 Å².